The number of aromatic nitrogens is 2. The van der Waals surface area contributed by atoms with E-state index in [0.717, 1.165) is 12.0 Å². The molecule has 0 saturated carbocycles. The van der Waals surface area contributed by atoms with E-state index in [1.165, 1.54) is 11.6 Å². The molecule has 0 bridgehead atoms. The first kappa shape index (κ1) is 21.5. The van der Waals surface area contributed by atoms with E-state index in [2.05, 4.69) is 5.10 Å². The molecule has 1 saturated heterocycles. The average Bonchev–Trinajstić information content (AvgIpc) is 2.69. The van der Waals surface area contributed by atoms with Crippen LogP contribution in [0.4, 0.5) is 5.69 Å². The molecule has 0 radical (unpaired) electrons. The molecule has 0 amide bonds. The van der Waals surface area contributed by atoms with Crippen molar-refractivity contribution in [1.29, 1.82) is 0 Å². The second-order valence-corrected chi connectivity index (χ2v) is 7.13. The number of carboxylic acids is 1. The molecule has 1 atom stereocenters. The number of ketones is 1. The standard InChI is InChI=1S/C21H25N3O6/c1-14(25)20-18(23-9-7-16(23)13-30-10-8-19(26)27)11-22-24(21(20)28)12-15-3-5-17(29-2)6-4-15/h3-6,11,16H,7-10,12-13H2,1-2H3,(H,26,27)/t16-/m1/s1. The minimum Gasteiger partial charge on any atom is -0.497 e. The summed E-state index contributed by atoms with van der Waals surface area (Å²) in [6, 6.07) is 7.27. The smallest absolute Gasteiger partial charge is 0.305 e. The largest absolute Gasteiger partial charge is 0.497 e. The lowest BCUT2D eigenvalue weighted by atomic mass is 10.0. The van der Waals surface area contributed by atoms with Crippen LogP contribution in [0.2, 0.25) is 0 Å². The van der Waals surface area contributed by atoms with Crippen LogP contribution in [0, 0.1) is 0 Å². The van der Waals surface area contributed by atoms with Crippen LogP contribution in [0.1, 0.15) is 35.7 Å². The predicted molar refractivity (Wildman–Crippen MR) is 109 cm³/mol. The van der Waals surface area contributed by atoms with Gasteiger partial charge in [-0.2, -0.15) is 5.10 Å². The number of benzene rings is 1. The second kappa shape index (κ2) is 9.53. The SMILES string of the molecule is COc1ccc(Cn2ncc(N3CC[C@@H]3COCCC(=O)O)c(C(C)=O)c2=O)cc1. The van der Waals surface area contributed by atoms with E-state index in [9.17, 15) is 14.4 Å². The number of hydrogen-bond acceptors (Lipinski definition) is 7. The Morgan fingerprint density at radius 3 is 2.57 bits per heavy atom. The van der Waals surface area contributed by atoms with Crippen molar-refractivity contribution in [2.24, 2.45) is 0 Å². The Labute approximate surface area is 173 Å². The molecule has 1 aliphatic heterocycles. The summed E-state index contributed by atoms with van der Waals surface area (Å²) in [6.45, 7) is 2.75. The number of carbonyl (C=O) groups excluding carboxylic acids is 1. The lowest BCUT2D eigenvalue weighted by Gasteiger charge is -2.43. The maximum Gasteiger partial charge on any atom is 0.305 e. The van der Waals surface area contributed by atoms with E-state index in [4.69, 9.17) is 14.6 Å². The second-order valence-electron chi connectivity index (χ2n) is 7.13. The number of nitrogens with zero attached hydrogens (tertiary/aromatic N) is 3. The molecule has 9 nitrogen and oxygen atoms in total. The summed E-state index contributed by atoms with van der Waals surface area (Å²) in [5, 5.41) is 13.0. The Bertz CT molecular complexity index is 970. The quantitative estimate of drug-likeness (QED) is 0.460. The minimum absolute atomic E-state index is 0.0180. The number of hydrogen-bond donors (Lipinski definition) is 1. The van der Waals surface area contributed by atoms with Crippen LogP contribution in [0.25, 0.3) is 0 Å². The van der Waals surface area contributed by atoms with E-state index in [1.807, 2.05) is 17.0 Å². The number of methoxy groups -OCH3 is 1. The molecule has 1 aromatic heterocycles. The fraction of sp³-hybridized carbons (Fsp3) is 0.429. The number of ether oxygens (including phenoxy) is 2. The molecule has 160 valence electrons. The topological polar surface area (TPSA) is 111 Å². The van der Waals surface area contributed by atoms with Gasteiger partial charge < -0.3 is 19.5 Å². The van der Waals surface area contributed by atoms with Crippen LogP contribution < -0.4 is 15.2 Å². The number of rotatable bonds is 10. The van der Waals surface area contributed by atoms with Crippen LogP contribution in [0.5, 0.6) is 5.75 Å². The summed E-state index contributed by atoms with van der Waals surface area (Å²) in [7, 11) is 1.58. The zero-order chi connectivity index (χ0) is 21.7. The van der Waals surface area contributed by atoms with Crippen molar-refractivity contribution in [3.05, 3.63) is 51.9 Å². The summed E-state index contributed by atoms with van der Waals surface area (Å²) in [6.07, 6.45) is 2.32. The van der Waals surface area contributed by atoms with Gasteiger partial charge in [0.15, 0.2) is 5.78 Å². The van der Waals surface area contributed by atoms with E-state index in [1.54, 1.807) is 25.4 Å². The fourth-order valence-electron chi connectivity index (χ4n) is 3.36. The number of carbonyl (C=O) groups is 2. The summed E-state index contributed by atoms with van der Waals surface area (Å²) < 4.78 is 11.8. The van der Waals surface area contributed by atoms with Gasteiger partial charge in [0.05, 0.1) is 51.2 Å². The molecule has 0 aliphatic carbocycles. The molecule has 2 heterocycles. The van der Waals surface area contributed by atoms with E-state index < -0.39 is 11.5 Å². The molecular weight excluding hydrogens is 390 g/mol. The molecule has 30 heavy (non-hydrogen) atoms. The molecule has 0 unspecified atom stereocenters. The molecule has 3 rings (SSSR count). The van der Waals surface area contributed by atoms with Crippen molar-refractivity contribution in [2.45, 2.75) is 32.4 Å². The summed E-state index contributed by atoms with van der Waals surface area (Å²) in [4.78, 5) is 37.8. The monoisotopic (exact) mass is 415 g/mol. The van der Waals surface area contributed by atoms with Crippen LogP contribution in [-0.2, 0) is 16.1 Å². The van der Waals surface area contributed by atoms with Gasteiger partial charge in [0.25, 0.3) is 5.56 Å². The Kier molecular flexibility index (Phi) is 6.83. The molecule has 1 aromatic carbocycles. The Morgan fingerprint density at radius 2 is 2.00 bits per heavy atom. The first-order valence-corrected chi connectivity index (χ1v) is 9.71. The van der Waals surface area contributed by atoms with E-state index >= 15 is 0 Å². The highest BCUT2D eigenvalue weighted by molar-refractivity contribution is 5.99. The van der Waals surface area contributed by atoms with Gasteiger partial charge in [-0.3, -0.25) is 14.4 Å². The van der Waals surface area contributed by atoms with Crippen LogP contribution in [-0.4, -0.2) is 59.5 Å². The van der Waals surface area contributed by atoms with Gasteiger partial charge in [-0.15, -0.1) is 0 Å². The van der Waals surface area contributed by atoms with E-state index in [-0.39, 0.29) is 37.0 Å². The first-order valence-electron chi connectivity index (χ1n) is 9.71. The Hall–Kier alpha value is -3.20. The zero-order valence-corrected chi connectivity index (χ0v) is 17.0. The van der Waals surface area contributed by atoms with Crippen LogP contribution >= 0.6 is 0 Å². The molecule has 9 heteroatoms. The third kappa shape index (κ3) is 4.85. The Balaban J connectivity index is 1.77. The van der Waals surface area contributed by atoms with Crippen molar-refractivity contribution >= 4 is 17.4 Å². The Morgan fingerprint density at radius 1 is 1.27 bits per heavy atom. The highest BCUT2D eigenvalue weighted by Gasteiger charge is 2.32. The molecule has 1 aliphatic rings. The van der Waals surface area contributed by atoms with Crippen molar-refractivity contribution in [2.75, 3.05) is 31.8 Å². The van der Waals surface area contributed by atoms with Gasteiger partial charge in [-0.05, 0) is 31.0 Å². The average molecular weight is 415 g/mol. The number of aliphatic carboxylic acids is 1. The van der Waals surface area contributed by atoms with Gasteiger partial charge in [0, 0.05) is 6.54 Å². The van der Waals surface area contributed by atoms with Crippen molar-refractivity contribution in [3.63, 3.8) is 0 Å². The summed E-state index contributed by atoms with van der Waals surface area (Å²) in [5.74, 6) is -0.518. The predicted octanol–water partition coefficient (Wildman–Crippen LogP) is 1.57. The van der Waals surface area contributed by atoms with Gasteiger partial charge in [0.1, 0.15) is 11.3 Å². The van der Waals surface area contributed by atoms with E-state index in [0.29, 0.717) is 24.6 Å². The van der Waals surface area contributed by atoms with Gasteiger partial charge in [-0.1, -0.05) is 12.1 Å². The lowest BCUT2D eigenvalue weighted by Crippen LogP contribution is -2.52. The van der Waals surface area contributed by atoms with Crippen molar-refractivity contribution < 1.29 is 24.2 Å². The minimum atomic E-state index is -0.913. The van der Waals surface area contributed by atoms with Gasteiger partial charge in [0.2, 0.25) is 0 Å². The third-order valence-electron chi connectivity index (χ3n) is 5.09. The third-order valence-corrected chi connectivity index (χ3v) is 5.09. The number of Topliss-reactive ketones (excluding diaryl/α,β-unsaturated/α-hetero) is 1. The van der Waals surface area contributed by atoms with Crippen LogP contribution in [0.3, 0.4) is 0 Å². The highest BCUT2D eigenvalue weighted by Crippen LogP contribution is 2.28. The maximum atomic E-state index is 13.0. The zero-order valence-electron chi connectivity index (χ0n) is 17.0. The molecular formula is C21H25N3O6. The molecule has 0 spiro atoms. The van der Waals surface area contributed by atoms with Crippen LogP contribution in [0.15, 0.2) is 35.3 Å². The summed E-state index contributed by atoms with van der Waals surface area (Å²) >= 11 is 0. The molecule has 1 N–H and O–H groups in total. The number of carboxylic acid groups (broad SMARTS) is 1. The van der Waals surface area contributed by atoms with Gasteiger partial charge >= 0.3 is 5.97 Å². The molecule has 2 aromatic rings. The highest BCUT2D eigenvalue weighted by atomic mass is 16.5. The number of anilines is 1. The molecule has 1 fully saturated rings. The summed E-state index contributed by atoms with van der Waals surface area (Å²) in [5.41, 5.74) is 1.03. The van der Waals surface area contributed by atoms with Gasteiger partial charge in [-0.25, -0.2) is 4.68 Å². The fourth-order valence-corrected chi connectivity index (χ4v) is 3.36. The van der Waals surface area contributed by atoms with Crippen molar-refractivity contribution in [3.8, 4) is 5.75 Å². The van der Waals surface area contributed by atoms with Crippen molar-refractivity contribution in [1.82, 2.24) is 9.78 Å². The maximum absolute atomic E-state index is 13.0. The normalized spacial score (nSPS) is 15.5. The lowest BCUT2D eigenvalue weighted by molar-refractivity contribution is -0.138. The first-order chi connectivity index (χ1) is 14.4.